The van der Waals surface area contributed by atoms with Crippen molar-refractivity contribution >= 4 is 16.9 Å². The lowest BCUT2D eigenvalue weighted by atomic mass is 10.0. The Hall–Kier alpha value is -0.180. The van der Waals surface area contributed by atoms with Crippen LogP contribution in [-0.4, -0.2) is 22.5 Å². The summed E-state index contributed by atoms with van der Waals surface area (Å²) in [5.41, 5.74) is 0.422. The third-order valence-electron chi connectivity index (χ3n) is 4.23. The fourth-order valence-electron chi connectivity index (χ4n) is 3.11. The summed E-state index contributed by atoms with van der Waals surface area (Å²) in [5.74, 6) is 1.25. The van der Waals surface area contributed by atoms with Crippen LogP contribution in [0.4, 0.5) is 0 Å². The van der Waals surface area contributed by atoms with Gasteiger partial charge in [-0.05, 0) is 25.7 Å². The SMILES string of the molecule is CCCCC(CCC)N=C1NC2(CCCC2)CS1. The molecule has 2 rings (SSSR count). The van der Waals surface area contributed by atoms with Crippen LogP contribution in [0.2, 0.25) is 0 Å². The molecule has 104 valence electrons. The van der Waals surface area contributed by atoms with E-state index in [1.165, 1.54) is 68.7 Å². The molecule has 0 amide bonds. The zero-order valence-electron chi connectivity index (χ0n) is 12.0. The van der Waals surface area contributed by atoms with Gasteiger partial charge in [0.05, 0.1) is 6.04 Å². The minimum absolute atomic E-state index is 0.422. The number of thioether (sulfide) groups is 1. The van der Waals surface area contributed by atoms with E-state index in [0.717, 1.165) is 0 Å². The van der Waals surface area contributed by atoms with Crippen LogP contribution >= 0.6 is 11.8 Å². The largest absolute Gasteiger partial charge is 0.359 e. The summed E-state index contributed by atoms with van der Waals surface area (Å²) in [7, 11) is 0. The first-order chi connectivity index (χ1) is 8.78. The normalized spacial score (nSPS) is 25.8. The Kier molecular flexibility index (Phi) is 5.40. The van der Waals surface area contributed by atoms with Crippen LogP contribution in [0.3, 0.4) is 0 Å². The van der Waals surface area contributed by atoms with Crippen molar-refractivity contribution in [3.63, 3.8) is 0 Å². The summed E-state index contributed by atoms with van der Waals surface area (Å²) < 4.78 is 0. The van der Waals surface area contributed by atoms with Crippen LogP contribution in [0.5, 0.6) is 0 Å². The van der Waals surface area contributed by atoms with Crippen LogP contribution < -0.4 is 5.32 Å². The number of hydrogen-bond acceptors (Lipinski definition) is 2. The van der Waals surface area contributed by atoms with E-state index in [9.17, 15) is 0 Å². The Morgan fingerprint density at radius 3 is 2.67 bits per heavy atom. The summed E-state index contributed by atoms with van der Waals surface area (Å²) in [5, 5.41) is 4.99. The Morgan fingerprint density at radius 2 is 2.00 bits per heavy atom. The lowest BCUT2D eigenvalue weighted by molar-refractivity contribution is 0.450. The molecule has 3 heteroatoms. The quantitative estimate of drug-likeness (QED) is 0.774. The van der Waals surface area contributed by atoms with E-state index in [2.05, 4.69) is 19.2 Å². The third kappa shape index (κ3) is 3.66. The first-order valence-electron chi connectivity index (χ1n) is 7.77. The number of rotatable bonds is 6. The molecule has 1 aliphatic carbocycles. The Bertz CT molecular complexity index is 282. The van der Waals surface area contributed by atoms with Gasteiger partial charge in [0, 0.05) is 11.3 Å². The molecule has 1 saturated heterocycles. The lowest BCUT2D eigenvalue weighted by Crippen LogP contribution is -2.40. The average molecular weight is 268 g/mol. The number of aliphatic imine (C=N–C) groups is 1. The van der Waals surface area contributed by atoms with Crippen molar-refractivity contribution in [1.82, 2.24) is 5.32 Å². The molecule has 1 N–H and O–H groups in total. The van der Waals surface area contributed by atoms with Crippen molar-refractivity contribution < 1.29 is 0 Å². The first kappa shape index (κ1) is 14.2. The molecule has 0 radical (unpaired) electrons. The van der Waals surface area contributed by atoms with Crippen LogP contribution in [0, 0.1) is 0 Å². The fourth-order valence-corrected chi connectivity index (χ4v) is 4.39. The maximum atomic E-state index is 4.99. The Balaban J connectivity index is 1.90. The molecular formula is C15H28N2S. The zero-order chi connectivity index (χ0) is 12.8. The van der Waals surface area contributed by atoms with Gasteiger partial charge in [-0.25, -0.2) is 0 Å². The second-order valence-electron chi connectivity index (χ2n) is 5.92. The van der Waals surface area contributed by atoms with Crippen LogP contribution in [-0.2, 0) is 0 Å². The van der Waals surface area contributed by atoms with Crippen molar-refractivity contribution in [3.05, 3.63) is 0 Å². The second-order valence-corrected chi connectivity index (χ2v) is 6.88. The molecule has 1 unspecified atom stereocenters. The maximum absolute atomic E-state index is 4.99. The summed E-state index contributed by atoms with van der Waals surface area (Å²) in [6.07, 6.45) is 11.9. The van der Waals surface area contributed by atoms with Gasteiger partial charge in [0.1, 0.15) is 0 Å². The maximum Gasteiger partial charge on any atom is 0.157 e. The van der Waals surface area contributed by atoms with Crippen molar-refractivity contribution in [2.45, 2.75) is 83.2 Å². The molecular weight excluding hydrogens is 240 g/mol. The Labute approximate surface area is 116 Å². The summed E-state index contributed by atoms with van der Waals surface area (Å²) in [6, 6.07) is 0.557. The van der Waals surface area contributed by atoms with Gasteiger partial charge in [-0.15, -0.1) is 0 Å². The highest BCUT2D eigenvalue weighted by atomic mass is 32.2. The van der Waals surface area contributed by atoms with Crippen molar-refractivity contribution in [2.24, 2.45) is 4.99 Å². The Morgan fingerprint density at radius 1 is 1.22 bits per heavy atom. The molecule has 0 bridgehead atoms. The fraction of sp³-hybridized carbons (Fsp3) is 0.933. The molecule has 1 aliphatic heterocycles. The van der Waals surface area contributed by atoms with Gasteiger partial charge in [0.2, 0.25) is 0 Å². The molecule has 1 saturated carbocycles. The van der Waals surface area contributed by atoms with Crippen molar-refractivity contribution in [3.8, 4) is 0 Å². The minimum atomic E-state index is 0.422. The van der Waals surface area contributed by atoms with E-state index in [1.54, 1.807) is 0 Å². The van der Waals surface area contributed by atoms with Gasteiger partial charge >= 0.3 is 0 Å². The van der Waals surface area contributed by atoms with E-state index in [4.69, 9.17) is 4.99 Å². The number of unbranched alkanes of at least 4 members (excludes halogenated alkanes) is 1. The zero-order valence-corrected chi connectivity index (χ0v) is 12.8. The van der Waals surface area contributed by atoms with Gasteiger partial charge in [0.15, 0.2) is 5.17 Å². The number of nitrogens with zero attached hydrogens (tertiary/aromatic N) is 1. The first-order valence-corrected chi connectivity index (χ1v) is 8.75. The van der Waals surface area contributed by atoms with Gasteiger partial charge in [-0.1, -0.05) is 57.7 Å². The topological polar surface area (TPSA) is 24.4 Å². The number of hydrogen-bond donors (Lipinski definition) is 1. The minimum Gasteiger partial charge on any atom is -0.359 e. The highest BCUT2D eigenvalue weighted by Gasteiger charge is 2.39. The van der Waals surface area contributed by atoms with Gasteiger partial charge in [0.25, 0.3) is 0 Å². The predicted molar refractivity (Wildman–Crippen MR) is 82.4 cm³/mol. The third-order valence-corrected chi connectivity index (χ3v) is 5.41. The molecule has 1 spiro atoms. The van der Waals surface area contributed by atoms with Gasteiger partial charge < -0.3 is 5.32 Å². The highest BCUT2D eigenvalue weighted by molar-refractivity contribution is 8.14. The number of amidine groups is 1. The molecule has 0 aromatic rings. The van der Waals surface area contributed by atoms with Crippen LogP contribution in [0.15, 0.2) is 4.99 Å². The van der Waals surface area contributed by atoms with E-state index >= 15 is 0 Å². The molecule has 1 heterocycles. The van der Waals surface area contributed by atoms with E-state index < -0.39 is 0 Å². The predicted octanol–water partition coefficient (Wildman–Crippen LogP) is 4.35. The molecule has 2 aliphatic rings. The second kappa shape index (κ2) is 6.83. The summed E-state index contributed by atoms with van der Waals surface area (Å²) >= 11 is 1.97. The standard InChI is InChI=1S/C15H28N2S/c1-3-5-9-13(8-4-2)16-14-17-15(12-18-14)10-6-7-11-15/h13H,3-12H2,1-2H3,(H,16,17). The average Bonchev–Trinajstić information content (AvgIpc) is 2.98. The number of nitrogens with one attached hydrogen (secondary N) is 1. The summed E-state index contributed by atoms with van der Waals surface area (Å²) in [6.45, 7) is 4.54. The van der Waals surface area contributed by atoms with Crippen molar-refractivity contribution in [1.29, 1.82) is 0 Å². The molecule has 18 heavy (non-hydrogen) atoms. The molecule has 2 nitrogen and oxygen atoms in total. The molecule has 1 atom stereocenters. The monoisotopic (exact) mass is 268 g/mol. The molecule has 2 fully saturated rings. The lowest BCUT2D eigenvalue weighted by Gasteiger charge is -2.22. The summed E-state index contributed by atoms with van der Waals surface area (Å²) in [4.78, 5) is 4.99. The van der Waals surface area contributed by atoms with E-state index in [1.807, 2.05) is 11.8 Å². The highest BCUT2D eigenvalue weighted by Crippen LogP contribution is 2.37. The van der Waals surface area contributed by atoms with E-state index in [-0.39, 0.29) is 0 Å². The van der Waals surface area contributed by atoms with Gasteiger partial charge in [-0.3, -0.25) is 4.99 Å². The van der Waals surface area contributed by atoms with Crippen LogP contribution in [0.1, 0.15) is 71.6 Å². The van der Waals surface area contributed by atoms with Gasteiger partial charge in [-0.2, -0.15) is 0 Å². The smallest absolute Gasteiger partial charge is 0.157 e. The molecule has 0 aromatic carbocycles. The van der Waals surface area contributed by atoms with Crippen molar-refractivity contribution in [2.75, 3.05) is 5.75 Å². The van der Waals surface area contributed by atoms with Crippen LogP contribution in [0.25, 0.3) is 0 Å². The molecule has 0 aromatic heterocycles. The van der Waals surface area contributed by atoms with E-state index in [0.29, 0.717) is 11.6 Å².